The van der Waals surface area contributed by atoms with Crippen molar-refractivity contribution in [1.29, 1.82) is 0 Å². The van der Waals surface area contributed by atoms with Gasteiger partial charge in [0.25, 0.3) is 0 Å². The molecule has 0 unspecified atom stereocenters. The Morgan fingerprint density at radius 2 is 1.84 bits per heavy atom. The van der Waals surface area contributed by atoms with Gasteiger partial charge in [-0.05, 0) is 50.1 Å². The molecule has 1 aliphatic rings. The molecule has 1 N–H and O–H groups in total. The van der Waals surface area contributed by atoms with Crippen LogP contribution >= 0.6 is 0 Å². The number of para-hydroxylation sites is 1. The van der Waals surface area contributed by atoms with E-state index in [2.05, 4.69) is 5.32 Å². The van der Waals surface area contributed by atoms with Gasteiger partial charge in [0.1, 0.15) is 16.4 Å². The number of hydrogen-bond donors (Lipinski definition) is 1. The highest BCUT2D eigenvalue weighted by Gasteiger charge is 2.29. The number of benzene rings is 2. The summed E-state index contributed by atoms with van der Waals surface area (Å²) in [5, 5.41) is 2.73. The average Bonchev–Trinajstić information content (AvgIpc) is 2.79. The van der Waals surface area contributed by atoms with E-state index < -0.39 is 10.0 Å². The second-order valence-electron chi connectivity index (χ2n) is 7.12. The highest BCUT2D eigenvalue weighted by molar-refractivity contribution is 7.89. The molecule has 2 aromatic carbocycles. The second-order valence-corrected chi connectivity index (χ2v) is 9.03. The maximum atomic E-state index is 13.2. The van der Waals surface area contributed by atoms with E-state index in [1.807, 2.05) is 24.3 Å². The molecule has 8 heteroatoms. The Morgan fingerprint density at radius 3 is 2.55 bits per heavy atom. The fourth-order valence-electron chi connectivity index (χ4n) is 3.46. The summed E-state index contributed by atoms with van der Waals surface area (Å²) in [6.07, 6.45) is 5.74. The first kappa shape index (κ1) is 22.8. The van der Waals surface area contributed by atoms with E-state index in [4.69, 9.17) is 9.47 Å². The highest BCUT2D eigenvalue weighted by Crippen LogP contribution is 2.31. The van der Waals surface area contributed by atoms with Crippen molar-refractivity contribution in [1.82, 2.24) is 4.31 Å². The summed E-state index contributed by atoms with van der Waals surface area (Å²) in [4.78, 5) is 12.5. The number of hydrogen-bond acceptors (Lipinski definition) is 5. The normalized spacial score (nSPS) is 15.0. The van der Waals surface area contributed by atoms with E-state index in [1.165, 1.54) is 16.4 Å². The molecule has 2 aromatic rings. The van der Waals surface area contributed by atoms with Gasteiger partial charge in [0.2, 0.25) is 15.9 Å². The van der Waals surface area contributed by atoms with Crippen LogP contribution in [-0.2, 0) is 14.8 Å². The Hall–Kier alpha value is -2.84. The molecule has 166 valence electrons. The fraction of sp³-hybridized carbons (Fsp3) is 0.348. The SMILES string of the molecule is CCOc1ccc(NC(=O)/C=C/c2ccccc2OC)cc1S(=O)(=O)N1CCCCC1. The lowest BCUT2D eigenvalue weighted by Crippen LogP contribution is -2.35. The van der Waals surface area contributed by atoms with Crippen molar-refractivity contribution in [2.24, 2.45) is 0 Å². The molecule has 1 amide bonds. The van der Waals surface area contributed by atoms with Crippen LogP contribution in [0.1, 0.15) is 31.7 Å². The molecule has 0 bridgehead atoms. The van der Waals surface area contributed by atoms with Crippen LogP contribution in [0.15, 0.2) is 53.4 Å². The number of piperidine rings is 1. The molecule has 1 fully saturated rings. The molecule has 0 radical (unpaired) electrons. The lowest BCUT2D eigenvalue weighted by Gasteiger charge is -2.26. The van der Waals surface area contributed by atoms with Gasteiger partial charge in [-0.3, -0.25) is 4.79 Å². The number of nitrogens with one attached hydrogen (secondary N) is 1. The van der Waals surface area contributed by atoms with Crippen LogP contribution in [0.25, 0.3) is 6.08 Å². The third-order valence-electron chi connectivity index (χ3n) is 5.00. The third kappa shape index (κ3) is 5.65. The van der Waals surface area contributed by atoms with E-state index in [0.717, 1.165) is 24.8 Å². The maximum absolute atomic E-state index is 13.2. The molecule has 0 aromatic heterocycles. The number of methoxy groups -OCH3 is 1. The van der Waals surface area contributed by atoms with Crippen molar-refractivity contribution in [3.63, 3.8) is 0 Å². The number of sulfonamides is 1. The summed E-state index contributed by atoms with van der Waals surface area (Å²) < 4.78 is 38.7. The summed E-state index contributed by atoms with van der Waals surface area (Å²) in [6.45, 7) is 3.13. The van der Waals surface area contributed by atoms with Crippen molar-refractivity contribution < 1.29 is 22.7 Å². The van der Waals surface area contributed by atoms with Crippen molar-refractivity contribution in [2.75, 3.05) is 32.1 Å². The van der Waals surface area contributed by atoms with Crippen LogP contribution in [0.4, 0.5) is 5.69 Å². The first-order valence-corrected chi connectivity index (χ1v) is 11.8. The number of nitrogens with zero attached hydrogens (tertiary/aromatic N) is 1. The van der Waals surface area contributed by atoms with Crippen LogP contribution in [-0.4, -0.2) is 45.4 Å². The molecule has 0 aliphatic carbocycles. The number of amides is 1. The van der Waals surface area contributed by atoms with Gasteiger partial charge in [-0.25, -0.2) is 8.42 Å². The molecule has 0 atom stereocenters. The van der Waals surface area contributed by atoms with Crippen molar-refractivity contribution in [2.45, 2.75) is 31.1 Å². The van der Waals surface area contributed by atoms with Gasteiger partial charge >= 0.3 is 0 Å². The van der Waals surface area contributed by atoms with Gasteiger partial charge in [-0.15, -0.1) is 0 Å². The Morgan fingerprint density at radius 1 is 1.10 bits per heavy atom. The Balaban J connectivity index is 1.82. The average molecular weight is 445 g/mol. The Kier molecular flexibility index (Phi) is 7.70. The van der Waals surface area contributed by atoms with Crippen molar-refractivity contribution >= 4 is 27.7 Å². The number of carbonyl (C=O) groups is 1. The molecular formula is C23H28N2O5S. The molecule has 31 heavy (non-hydrogen) atoms. The smallest absolute Gasteiger partial charge is 0.248 e. The predicted octanol–water partition coefficient (Wildman–Crippen LogP) is 3.92. The molecular weight excluding hydrogens is 416 g/mol. The lowest BCUT2D eigenvalue weighted by atomic mass is 10.2. The zero-order valence-electron chi connectivity index (χ0n) is 17.8. The van der Waals surface area contributed by atoms with Gasteiger partial charge in [0.15, 0.2) is 0 Å². The Bertz CT molecular complexity index is 1040. The van der Waals surface area contributed by atoms with Gasteiger partial charge < -0.3 is 14.8 Å². The van der Waals surface area contributed by atoms with Crippen molar-refractivity contribution in [3.05, 3.63) is 54.1 Å². The van der Waals surface area contributed by atoms with Gasteiger partial charge in [0.05, 0.1) is 13.7 Å². The lowest BCUT2D eigenvalue weighted by molar-refractivity contribution is -0.111. The monoisotopic (exact) mass is 444 g/mol. The minimum Gasteiger partial charge on any atom is -0.496 e. The molecule has 1 aliphatic heterocycles. The summed E-state index contributed by atoms with van der Waals surface area (Å²) >= 11 is 0. The van der Waals surface area contributed by atoms with Gasteiger partial charge in [-0.1, -0.05) is 24.6 Å². The number of carbonyl (C=O) groups excluding carboxylic acids is 1. The Labute approximate surface area is 183 Å². The van der Waals surface area contributed by atoms with E-state index in [0.29, 0.717) is 31.1 Å². The number of anilines is 1. The first-order valence-electron chi connectivity index (χ1n) is 10.3. The van der Waals surface area contributed by atoms with Crippen LogP contribution in [0.2, 0.25) is 0 Å². The van der Waals surface area contributed by atoms with Crippen LogP contribution in [0.3, 0.4) is 0 Å². The second kappa shape index (κ2) is 10.5. The topological polar surface area (TPSA) is 84.9 Å². The summed E-state index contributed by atoms with van der Waals surface area (Å²) in [6, 6.07) is 12.0. The molecule has 0 spiro atoms. The molecule has 7 nitrogen and oxygen atoms in total. The minimum atomic E-state index is -3.71. The zero-order chi connectivity index (χ0) is 22.3. The van der Waals surface area contributed by atoms with Crippen molar-refractivity contribution in [3.8, 4) is 11.5 Å². The van der Waals surface area contributed by atoms with Crippen LogP contribution in [0.5, 0.6) is 11.5 Å². The summed E-state index contributed by atoms with van der Waals surface area (Å²) in [7, 11) is -2.15. The fourth-order valence-corrected chi connectivity index (χ4v) is 5.13. The predicted molar refractivity (Wildman–Crippen MR) is 121 cm³/mol. The molecule has 1 saturated heterocycles. The largest absolute Gasteiger partial charge is 0.496 e. The number of ether oxygens (including phenoxy) is 2. The minimum absolute atomic E-state index is 0.0720. The number of rotatable bonds is 8. The van der Waals surface area contributed by atoms with Gasteiger partial charge in [-0.2, -0.15) is 4.31 Å². The van der Waals surface area contributed by atoms with Crippen LogP contribution < -0.4 is 14.8 Å². The van der Waals surface area contributed by atoms with E-state index >= 15 is 0 Å². The zero-order valence-corrected chi connectivity index (χ0v) is 18.7. The van der Waals surface area contributed by atoms with E-state index in [1.54, 1.807) is 32.2 Å². The molecule has 1 heterocycles. The summed E-state index contributed by atoms with van der Waals surface area (Å²) in [5.74, 6) is 0.564. The van der Waals surface area contributed by atoms with E-state index in [-0.39, 0.29) is 16.6 Å². The first-order chi connectivity index (χ1) is 15.0. The maximum Gasteiger partial charge on any atom is 0.248 e. The standard InChI is InChI=1S/C23H28N2O5S/c1-3-30-21-13-12-19(17-22(21)31(27,28)25-15-7-4-8-16-25)24-23(26)14-11-18-9-5-6-10-20(18)29-2/h5-6,9-14,17H,3-4,7-8,15-16H2,1-2H3,(H,24,26)/b14-11+. The quantitative estimate of drug-likeness (QED) is 0.624. The van der Waals surface area contributed by atoms with E-state index in [9.17, 15) is 13.2 Å². The van der Waals surface area contributed by atoms with Crippen LogP contribution in [0, 0.1) is 0 Å². The molecule has 3 rings (SSSR count). The van der Waals surface area contributed by atoms with Gasteiger partial charge in [0, 0.05) is 30.4 Å². The highest BCUT2D eigenvalue weighted by atomic mass is 32.2. The third-order valence-corrected chi connectivity index (χ3v) is 6.92. The molecule has 0 saturated carbocycles. The summed E-state index contributed by atoms with van der Waals surface area (Å²) in [5.41, 5.74) is 1.15.